The van der Waals surface area contributed by atoms with Crippen molar-refractivity contribution < 1.29 is 43.3 Å². The van der Waals surface area contributed by atoms with E-state index in [4.69, 9.17) is 10.8 Å². The van der Waals surface area contributed by atoms with Crippen LogP contribution >= 0.6 is 0 Å². The number of H-pyrrole nitrogens is 2. The molecule has 7 N–H and O–H groups in total. The van der Waals surface area contributed by atoms with Gasteiger partial charge in [-0.3, -0.25) is 60.5 Å². The maximum atomic E-state index is 12.5. The number of carbonyl (C=O) groups excluding carboxylic acids is 2. The maximum Gasteiger partial charge on any atom is 1.00 e. The van der Waals surface area contributed by atoms with Crippen LogP contribution in [0.3, 0.4) is 0 Å². The Morgan fingerprint density at radius 3 is 1.36 bits per heavy atom. The molecule has 21 heteroatoms. The average Bonchev–Trinajstić information content (AvgIpc) is 3.63. The minimum absolute atomic E-state index is 0. The zero-order chi connectivity index (χ0) is 39.4. The summed E-state index contributed by atoms with van der Waals surface area (Å²) in [6.07, 6.45) is 6.42. The van der Waals surface area contributed by atoms with E-state index in [1.807, 2.05) is 12.1 Å². The van der Waals surface area contributed by atoms with Gasteiger partial charge in [-0.2, -0.15) is 10.2 Å². The number of aromatic amines is 2. The number of nitro groups is 2. The third-order valence-electron chi connectivity index (χ3n) is 7.18. The third-order valence-corrected chi connectivity index (χ3v) is 7.18. The van der Waals surface area contributed by atoms with Crippen molar-refractivity contribution >= 4 is 34.4 Å². The van der Waals surface area contributed by atoms with Crippen LogP contribution in [-0.4, -0.2) is 70.7 Å². The zero-order valence-corrected chi connectivity index (χ0v) is 30.3. The Kier molecular flexibility index (Phi) is 15.2. The number of hydrogen-bond donors (Lipinski definition) is 6. The molecule has 20 nitrogen and oxygen atoms in total. The molecular weight excluding hydrogens is 758 g/mol. The molecule has 0 saturated heterocycles. The Bertz CT molecular complexity index is 2210. The second kappa shape index (κ2) is 19.7. The molecule has 2 aliphatic carbocycles. The number of allylic oxidation sites excluding steroid dienone is 6. The zero-order valence-electron chi connectivity index (χ0n) is 30.0. The molecule has 6 rings (SSSR count). The molecule has 2 aliphatic rings. The standard InChI is InChI=1S/2C16H13N5O4.C2H7NO.Cr/c2*1-10-15(16(23)20(19-10)11-5-3-2-4-6-11)18-17-13-9-12(21(24)25)7-8-14(13)22;3-1-2-4;/h2*2-9,18-19H,1H3;4H,1-3H2;/p+1/b2*17-13-;;. The summed E-state index contributed by atoms with van der Waals surface area (Å²) in [5.41, 5.74) is 10.9. The number of hydrogen-bond acceptors (Lipinski definition) is 14. The summed E-state index contributed by atoms with van der Waals surface area (Å²) in [5, 5.41) is 42.8. The van der Waals surface area contributed by atoms with Crippen LogP contribution < -0.4 is 27.7 Å². The Morgan fingerprint density at radius 2 is 1.05 bits per heavy atom. The third kappa shape index (κ3) is 10.7. The van der Waals surface area contributed by atoms with Crippen molar-refractivity contribution in [3.8, 4) is 11.4 Å². The number of nitrogens with zero attached hydrogens (tertiary/aromatic N) is 6. The molecule has 0 fully saturated rings. The molecule has 0 spiro atoms. The van der Waals surface area contributed by atoms with Gasteiger partial charge in [0.15, 0.2) is 0 Å². The molecule has 0 radical (unpaired) electrons. The molecular formula is C34H34CrN11O9+. The van der Waals surface area contributed by atoms with Gasteiger partial charge in [-0.1, -0.05) is 36.4 Å². The molecule has 0 unspecified atom stereocenters. The van der Waals surface area contributed by atoms with Crippen molar-refractivity contribution in [2.75, 3.05) is 24.0 Å². The molecule has 2 aromatic carbocycles. The number of aryl methyl sites for hydroxylation is 2. The van der Waals surface area contributed by atoms with E-state index in [9.17, 15) is 39.4 Å². The van der Waals surface area contributed by atoms with Gasteiger partial charge in [-0.25, -0.2) is 9.36 Å². The number of nitrogens with one attached hydrogen (secondary N) is 4. The van der Waals surface area contributed by atoms with E-state index in [-0.39, 0.29) is 70.7 Å². The minimum atomic E-state index is -0.623. The number of rotatable bonds is 9. The van der Waals surface area contributed by atoms with Gasteiger partial charge in [0, 0.05) is 48.2 Å². The average molecular weight is 793 g/mol. The topological polar surface area (TPSA) is 291 Å². The second-order valence-electron chi connectivity index (χ2n) is 11.0. The van der Waals surface area contributed by atoms with Crippen LogP contribution in [0, 0.1) is 34.1 Å². The number of aliphatic hydroxyl groups is 1. The van der Waals surface area contributed by atoms with Crippen LogP contribution in [0.25, 0.3) is 11.4 Å². The summed E-state index contributed by atoms with van der Waals surface area (Å²) in [7, 11) is 0. The largest absolute Gasteiger partial charge is 1.00 e. The van der Waals surface area contributed by atoms with Gasteiger partial charge in [0.05, 0.1) is 39.2 Å². The summed E-state index contributed by atoms with van der Waals surface area (Å²) >= 11 is 0. The molecule has 0 bridgehead atoms. The van der Waals surface area contributed by atoms with E-state index in [2.05, 4.69) is 31.3 Å². The monoisotopic (exact) mass is 792 g/mol. The number of benzene rings is 2. The van der Waals surface area contributed by atoms with Gasteiger partial charge >= 0.3 is 1.43 Å². The van der Waals surface area contributed by atoms with E-state index in [0.717, 1.165) is 36.5 Å². The summed E-state index contributed by atoms with van der Waals surface area (Å²) in [6, 6.07) is 17.9. The summed E-state index contributed by atoms with van der Waals surface area (Å²) in [5.74, 6) is -0.982. The van der Waals surface area contributed by atoms with Crippen molar-refractivity contribution in [2.45, 2.75) is 13.8 Å². The van der Waals surface area contributed by atoms with Gasteiger partial charge in [0.2, 0.25) is 11.6 Å². The van der Waals surface area contributed by atoms with Crippen LogP contribution in [0.4, 0.5) is 11.4 Å². The van der Waals surface area contributed by atoms with Crippen LogP contribution in [0.15, 0.2) is 128 Å². The SMILES string of the molecule is Cc1[nH]n(-c2ccccc2)c(=O)c1N/N=C1/C=C([N+](=O)[O-])C=CC1=O.Cc1[nH]n(-c2ccccc2)c(=O)c1N/N=C1/C=C([N+](=O)[O-])C=CC1=O.NCCO.[Cr].[H+]. The Labute approximate surface area is 322 Å². The molecule has 284 valence electrons. The first-order valence-electron chi connectivity index (χ1n) is 15.8. The van der Waals surface area contributed by atoms with E-state index >= 15 is 0 Å². The molecule has 55 heavy (non-hydrogen) atoms. The first-order chi connectivity index (χ1) is 25.9. The van der Waals surface area contributed by atoms with Gasteiger partial charge < -0.3 is 10.8 Å². The van der Waals surface area contributed by atoms with Crippen LogP contribution in [-0.2, 0) is 27.0 Å². The number of anilines is 2. The van der Waals surface area contributed by atoms with Crippen molar-refractivity contribution in [3.05, 3.63) is 161 Å². The van der Waals surface area contributed by atoms with E-state index in [1.54, 1.807) is 62.4 Å². The molecule has 0 saturated carbocycles. The first kappa shape index (κ1) is 42.4. The van der Waals surface area contributed by atoms with Gasteiger partial charge in [-0.15, -0.1) is 0 Å². The Morgan fingerprint density at radius 1 is 0.709 bits per heavy atom. The number of carbonyl (C=O) groups is 2. The van der Waals surface area contributed by atoms with Crippen molar-refractivity contribution in [1.82, 2.24) is 19.6 Å². The molecule has 0 amide bonds. The number of nitrogens with two attached hydrogens (primary N) is 1. The van der Waals surface area contributed by atoms with E-state index in [1.165, 1.54) is 9.36 Å². The summed E-state index contributed by atoms with van der Waals surface area (Å²) in [6.45, 7) is 3.81. The number of aromatic nitrogens is 4. The molecule has 0 atom stereocenters. The fraction of sp³-hybridized carbons (Fsp3) is 0.118. The number of ketones is 2. The predicted molar refractivity (Wildman–Crippen MR) is 200 cm³/mol. The summed E-state index contributed by atoms with van der Waals surface area (Å²) in [4.78, 5) is 68.9. The smallest absolute Gasteiger partial charge is 0.395 e. The van der Waals surface area contributed by atoms with Gasteiger partial charge in [-0.05, 0) is 50.3 Å². The molecule has 4 aromatic rings. The molecule has 2 heterocycles. The minimum Gasteiger partial charge on any atom is -0.395 e. The van der Waals surface area contributed by atoms with Crippen LogP contribution in [0.2, 0.25) is 0 Å². The Hall–Kier alpha value is -7.05. The maximum absolute atomic E-state index is 12.5. The molecule has 2 aromatic heterocycles. The number of para-hydroxylation sites is 2. The normalized spacial score (nSPS) is 14.5. The quantitative estimate of drug-likeness (QED) is 0.0807. The van der Waals surface area contributed by atoms with Gasteiger partial charge in [0.1, 0.15) is 22.8 Å². The van der Waals surface area contributed by atoms with Gasteiger partial charge in [0.25, 0.3) is 22.5 Å². The Balaban J connectivity index is 0.000000342. The van der Waals surface area contributed by atoms with E-state index < -0.39 is 21.4 Å². The van der Waals surface area contributed by atoms with Crippen molar-refractivity contribution in [1.29, 1.82) is 0 Å². The fourth-order valence-electron chi connectivity index (χ4n) is 4.52. The number of hydrazone groups is 2. The first-order valence-corrected chi connectivity index (χ1v) is 15.8. The van der Waals surface area contributed by atoms with E-state index in [0.29, 0.717) is 29.3 Å². The summed E-state index contributed by atoms with van der Waals surface area (Å²) < 4.78 is 2.66. The van der Waals surface area contributed by atoms with Crippen molar-refractivity contribution in [2.24, 2.45) is 15.9 Å². The van der Waals surface area contributed by atoms with Crippen molar-refractivity contribution in [3.63, 3.8) is 0 Å². The van der Waals surface area contributed by atoms with Crippen LogP contribution in [0.5, 0.6) is 0 Å². The second-order valence-corrected chi connectivity index (χ2v) is 11.0. The predicted octanol–water partition coefficient (Wildman–Crippen LogP) is 2.13. The number of aliphatic hydroxyl groups excluding tert-OH is 1. The van der Waals surface area contributed by atoms with Crippen LogP contribution in [0.1, 0.15) is 12.8 Å². The molecule has 0 aliphatic heterocycles. The fourth-order valence-corrected chi connectivity index (χ4v) is 4.52.